The second-order valence-corrected chi connectivity index (χ2v) is 6.99. The molecule has 4 aromatic rings. The van der Waals surface area contributed by atoms with E-state index in [0.29, 0.717) is 22.0 Å². The number of Topliss-reactive ketones (excluding diaryl/α,β-unsaturated/α-hetero) is 2. The molecule has 0 aliphatic heterocycles. The number of carbonyl (C=O) groups is 2. The number of H-pyrrole nitrogens is 1. The highest BCUT2D eigenvalue weighted by atomic mass is 35.5. The molecule has 1 atom stereocenters. The first kappa shape index (κ1) is 18.1. The van der Waals surface area contributed by atoms with E-state index in [2.05, 4.69) is 9.97 Å². The predicted octanol–water partition coefficient (Wildman–Crippen LogP) is 5.46. The highest BCUT2D eigenvalue weighted by molar-refractivity contribution is 6.30. The molecule has 0 aliphatic rings. The van der Waals surface area contributed by atoms with Crippen LogP contribution in [0.5, 0.6) is 0 Å². The van der Waals surface area contributed by atoms with Gasteiger partial charge in [-0.25, -0.2) is 4.98 Å². The van der Waals surface area contributed by atoms with Crippen LogP contribution in [0.4, 0.5) is 0 Å². The summed E-state index contributed by atoms with van der Waals surface area (Å²) in [6.45, 7) is 0. The van der Waals surface area contributed by atoms with Gasteiger partial charge in [-0.15, -0.1) is 0 Å². The molecule has 138 valence electrons. The Labute approximate surface area is 167 Å². The Bertz CT molecular complexity index is 1100. The maximum atomic E-state index is 13.2. The van der Waals surface area contributed by atoms with Crippen molar-refractivity contribution < 1.29 is 9.59 Å². The fraction of sp³-hybridized carbons (Fsp3) is 0.0870. The lowest BCUT2D eigenvalue weighted by molar-refractivity contribution is 0.0890. The number of fused-ring (bicyclic) bond motifs is 1. The van der Waals surface area contributed by atoms with E-state index in [1.54, 1.807) is 36.4 Å². The van der Waals surface area contributed by atoms with Gasteiger partial charge in [0.1, 0.15) is 5.82 Å². The van der Waals surface area contributed by atoms with E-state index < -0.39 is 5.92 Å². The molecule has 28 heavy (non-hydrogen) atoms. The molecule has 0 aliphatic carbocycles. The molecule has 0 spiro atoms. The first-order chi connectivity index (χ1) is 13.6. The average Bonchev–Trinajstić information content (AvgIpc) is 3.16. The molecule has 0 fully saturated rings. The Balaban J connectivity index is 1.71. The molecule has 0 radical (unpaired) electrons. The number of halogens is 1. The molecule has 5 heteroatoms. The minimum atomic E-state index is -0.696. The van der Waals surface area contributed by atoms with Crippen molar-refractivity contribution in [1.29, 1.82) is 0 Å². The van der Waals surface area contributed by atoms with Crippen molar-refractivity contribution in [2.75, 3.05) is 0 Å². The molecule has 0 bridgehead atoms. The quantitative estimate of drug-likeness (QED) is 0.446. The third-order valence-electron chi connectivity index (χ3n) is 4.67. The Kier molecular flexibility index (Phi) is 5.04. The Morgan fingerprint density at radius 3 is 2.25 bits per heavy atom. The summed E-state index contributed by atoms with van der Waals surface area (Å²) in [4.78, 5) is 33.8. The third-order valence-corrected chi connectivity index (χ3v) is 4.92. The highest BCUT2D eigenvalue weighted by Crippen LogP contribution is 2.27. The van der Waals surface area contributed by atoms with E-state index in [1.807, 2.05) is 42.5 Å². The minimum absolute atomic E-state index is 0.0230. The first-order valence-electron chi connectivity index (χ1n) is 8.94. The summed E-state index contributed by atoms with van der Waals surface area (Å²) in [5.74, 6) is -0.469. The monoisotopic (exact) mass is 388 g/mol. The largest absolute Gasteiger partial charge is 0.341 e. The number of aromatic nitrogens is 2. The molecule has 1 aromatic heterocycles. The highest BCUT2D eigenvalue weighted by Gasteiger charge is 2.28. The third kappa shape index (κ3) is 3.73. The molecule has 0 amide bonds. The van der Waals surface area contributed by atoms with Gasteiger partial charge in [0.05, 0.1) is 17.0 Å². The number of benzene rings is 3. The number of nitrogens with one attached hydrogen (secondary N) is 1. The number of para-hydroxylation sites is 2. The second-order valence-electron chi connectivity index (χ2n) is 6.56. The summed E-state index contributed by atoms with van der Waals surface area (Å²) in [5.41, 5.74) is 2.67. The molecule has 4 rings (SSSR count). The van der Waals surface area contributed by atoms with Crippen LogP contribution in [0.1, 0.15) is 38.9 Å². The number of nitrogens with zero attached hydrogens (tertiary/aromatic N) is 1. The zero-order valence-electron chi connectivity index (χ0n) is 14.9. The van der Waals surface area contributed by atoms with Crippen molar-refractivity contribution in [3.8, 4) is 0 Å². The molecule has 1 N–H and O–H groups in total. The van der Waals surface area contributed by atoms with Crippen molar-refractivity contribution in [2.45, 2.75) is 12.3 Å². The van der Waals surface area contributed by atoms with Gasteiger partial charge >= 0.3 is 0 Å². The molecule has 0 saturated heterocycles. The lowest BCUT2D eigenvalue weighted by atomic mass is 9.90. The Morgan fingerprint density at radius 2 is 1.54 bits per heavy atom. The van der Waals surface area contributed by atoms with E-state index in [1.165, 1.54) is 0 Å². The van der Waals surface area contributed by atoms with Crippen LogP contribution in [0, 0.1) is 0 Å². The lowest BCUT2D eigenvalue weighted by Gasteiger charge is -2.13. The van der Waals surface area contributed by atoms with E-state index in [9.17, 15) is 9.59 Å². The summed E-state index contributed by atoms with van der Waals surface area (Å²) in [6.07, 6.45) is 0.0230. The fourth-order valence-corrected chi connectivity index (χ4v) is 3.32. The van der Waals surface area contributed by atoms with Gasteiger partial charge in [0.2, 0.25) is 0 Å². The second kappa shape index (κ2) is 7.79. The maximum absolute atomic E-state index is 13.2. The molecule has 0 saturated carbocycles. The molecule has 1 heterocycles. The molecular formula is C23H17ClN2O2. The number of carbonyl (C=O) groups excluding carboxylic acids is 2. The predicted molar refractivity (Wildman–Crippen MR) is 110 cm³/mol. The van der Waals surface area contributed by atoms with Crippen LogP contribution in [-0.4, -0.2) is 21.5 Å². The van der Waals surface area contributed by atoms with Crippen molar-refractivity contribution in [2.24, 2.45) is 0 Å². The average molecular weight is 389 g/mol. The van der Waals surface area contributed by atoms with Gasteiger partial charge in [-0.2, -0.15) is 0 Å². The molecule has 4 nitrogen and oxygen atoms in total. The normalized spacial score (nSPS) is 12.0. The van der Waals surface area contributed by atoms with E-state index >= 15 is 0 Å². The van der Waals surface area contributed by atoms with Gasteiger partial charge in [-0.3, -0.25) is 9.59 Å². The van der Waals surface area contributed by atoms with Gasteiger partial charge in [-0.1, -0.05) is 54.1 Å². The van der Waals surface area contributed by atoms with Gasteiger partial charge in [0.15, 0.2) is 11.6 Å². The number of hydrogen-bond donors (Lipinski definition) is 1. The van der Waals surface area contributed by atoms with Crippen LogP contribution < -0.4 is 0 Å². The van der Waals surface area contributed by atoms with Crippen LogP contribution in [0.25, 0.3) is 11.0 Å². The van der Waals surface area contributed by atoms with E-state index in [4.69, 9.17) is 11.6 Å². The number of aromatic amines is 1. The number of hydrogen-bond acceptors (Lipinski definition) is 3. The summed E-state index contributed by atoms with van der Waals surface area (Å²) in [5, 5.41) is 0.561. The Hall–Kier alpha value is -3.24. The standard InChI is InChI=1S/C23H17ClN2O2/c24-17-12-10-15(11-13-17)21(27)14-18(22(28)16-6-2-1-3-7-16)23-25-19-8-4-5-9-20(19)26-23/h1-13,18H,14H2,(H,25,26)/t18-/m0/s1. The van der Waals surface area contributed by atoms with Crippen LogP contribution in [0.2, 0.25) is 5.02 Å². The molecule has 0 unspecified atom stereocenters. The lowest BCUT2D eigenvalue weighted by Crippen LogP contribution is -2.18. The smallest absolute Gasteiger partial charge is 0.173 e. The van der Waals surface area contributed by atoms with Crippen molar-refractivity contribution >= 4 is 34.2 Å². The zero-order chi connectivity index (χ0) is 19.5. The van der Waals surface area contributed by atoms with Crippen molar-refractivity contribution in [3.05, 3.63) is 101 Å². The number of ketones is 2. The Morgan fingerprint density at radius 1 is 0.857 bits per heavy atom. The number of rotatable bonds is 6. The first-order valence-corrected chi connectivity index (χ1v) is 9.32. The molecule has 3 aromatic carbocycles. The van der Waals surface area contributed by atoms with E-state index in [0.717, 1.165) is 11.0 Å². The van der Waals surface area contributed by atoms with Crippen molar-refractivity contribution in [3.63, 3.8) is 0 Å². The maximum Gasteiger partial charge on any atom is 0.173 e. The van der Waals surface area contributed by atoms with Crippen molar-refractivity contribution in [1.82, 2.24) is 9.97 Å². The SMILES string of the molecule is O=C(C[C@@H](C(=O)c1ccccc1)c1nc2ccccc2[nH]1)c1ccc(Cl)cc1. The zero-order valence-corrected chi connectivity index (χ0v) is 15.7. The number of imidazole rings is 1. The van der Waals surface area contributed by atoms with Crippen LogP contribution in [-0.2, 0) is 0 Å². The fourth-order valence-electron chi connectivity index (χ4n) is 3.19. The van der Waals surface area contributed by atoms with Crippen LogP contribution in [0.3, 0.4) is 0 Å². The summed E-state index contributed by atoms with van der Waals surface area (Å²) < 4.78 is 0. The molecular weight excluding hydrogens is 372 g/mol. The minimum Gasteiger partial charge on any atom is -0.341 e. The topological polar surface area (TPSA) is 62.8 Å². The summed E-state index contributed by atoms with van der Waals surface area (Å²) in [7, 11) is 0. The summed E-state index contributed by atoms with van der Waals surface area (Å²) >= 11 is 5.91. The summed E-state index contributed by atoms with van der Waals surface area (Å²) in [6, 6.07) is 23.2. The van der Waals surface area contributed by atoms with Gasteiger partial charge < -0.3 is 4.98 Å². The van der Waals surface area contributed by atoms with Gasteiger partial charge in [-0.05, 0) is 36.4 Å². The van der Waals surface area contributed by atoms with Gasteiger partial charge in [0.25, 0.3) is 0 Å². The van der Waals surface area contributed by atoms with E-state index in [-0.39, 0.29) is 18.0 Å². The van der Waals surface area contributed by atoms with Crippen LogP contribution in [0.15, 0.2) is 78.9 Å². The van der Waals surface area contributed by atoms with Gasteiger partial charge in [0, 0.05) is 22.6 Å². The van der Waals surface area contributed by atoms with Crippen LogP contribution >= 0.6 is 11.6 Å².